The molecule has 0 saturated carbocycles. The predicted octanol–water partition coefficient (Wildman–Crippen LogP) is 4.89. The largest absolute Gasteiger partial charge is 0.463 e. The van der Waals surface area contributed by atoms with E-state index in [1.165, 1.54) is 12.5 Å². The summed E-state index contributed by atoms with van der Waals surface area (Å²) in [4.78, 5) is 29.6. The number of carbonyl (C=O) groups is 2. The standard InChI is InChI=1S/C23H16N4O5/c1-13-20-16(12-17(18-4-2-10-30-18)26-23(20)32-27-13)21(28)24-14-6-8-15(9-7-14)25-22(29)19-5-3-11-31-19/h2-12H,1H3,(H,24,28)(H,25,29). The van der Waals surface area contributed by atoms with Gasteiger partial charge >= 0.3 is 0 Å². The van der Waals surface area contributed by atoms with Gasteiger partial charge in [-0.15, -0.1) is 0 Å². The van der Waals surface area contributed by atoms with Crippen LogP contribution in [0.4, 0.5) is 11.4 Å². The molecule has 4 aromatic heterocycles. The Hall–Kier alpha value is -4.66. The van der Waals surface area contributed by atoms with E-state index in [0.717, 1.165) is 0 Å². The molecular weight excluding hydrogens is 412 g/mol. The van der Waals surface area contributed by atoms with Crippen LogP contribution in [0.2, 0.25) is 0 Å². The second-order valence-electron chi connectivity index (χ2n) is 6.94. The van der Waals surface area contributed by atoms with Crippen LogP contribution in [0.3, 0.4) is 0 Å². The van der Waals surface area contributed by atoms with Gasteiger partial charge in [0.1, 0.15) is 5.69 Å². The Balaban J connectivity index is 1.39. The van der Waals surface area contributed by atoms with Gasteiger partial charge in [0.25, 0.3) is 17.5 Å². The topological polar surface area (TPSA) is 123 Å². The molecule has 0 atom stereocenters. The average molecular weight is 428 g/mol. The lowest BCUT2D eigenvalue weighted by atomic mass is 10.1. The number of nitrogens with zero attached hydrogens (tertiary/aromatic N) is 2. The van der Waals surface area contributed by atoms with Gasteiger partial charge in [-0.25, -0.2) is 4.98 Å². The zero-order valence-electron chi connectivity index (χ0n) is 16.8. The molecule has 0 radical (unpaired) electrons. The van der Waals surface area contributed by atoms with Gasteiger partial charge < -0.3 is 24.0 Å². The first-order chi connectivity index (χ1) is 15.6. The molecule has 0 fully saturated rings. The summed E-state index contributed by atoms with van der Waals surface area (Å²) in [6.07, 6.45) is 2.96. The van der Waals surface area contributed by atoms with Gasteiger partial charge in [0.2, 0.25) is 0 Å². The van der Waals surface area contributed by atoms with Gasteiger partial charge in [0.15, 0.2) is 11.5 Å². The van der Waals surface area contributed by atoms with Crippen molar-refractivity contribution in [3.63, 3.8) is 0 Å². The molecule has 0 aliphatic rings. The Morgan fingerprint density at radius 3 is 2.22 bits per heavy atom. The quantitative estimate of drug-likeness (QED) is 0.408. The third-order valence-electron chi connectivity index (χ3n) is 4.78. The molecule has 0 spiro atoms. The summed E-state index contributed by atoms with van der Waals surface area (Å²) >= 11 is 0. The third kappa shape index (κ3) is 3.63. The van der Waals surface area contributed by atoms with Crippen molar-refractivity contribution in [1.82, 2.24) is 10.1 Å². The van der Waals surface area contributed by atoms with Crippen LogP contribution in [0.25, 0.3) is 22.6 Å². The SMILES string of the molecule is Cc1noc2nc(-c3ccco3)cc(C(=O)Nc3ccc(NC(=O)c4ccco4)cc3)c12. The Labute approximate surface area is 181 Å². The smallest absolute Gasteiger partial charge is 0.291 e. The fourth-order valence-electron chi connectivity index (χ4n) is 3.26. The minimum atomic E-state index is -0.362. The molecule has 158 valence electrons. The van der Waals surface area contributed by atoms with E-state index in [2.05, 4.69) is 20.8 Å². The van der Waals surface area contributed by atoms with Crippen LogP contribution in [0.15, 0.2) is 80.5 Å². The minimum absolute atomic E-state index is 0.209. The van der Waals surface area contributed by atoms with Crippen molar-refractivity contribution >= 4 is 34.3 Å². The zero-order chi connectivity index (χ0) is 22.1. The molecule has 0 bridgehead atoms. The minimum Gasteiger partial charge on any atom is -0.463 e. The first-order valence-electron chi connectivity index (χ1n) is 9.65. The van der Waals surface area contributed by atoms with Crippen molar-refractivity contribution in [2.45, 2.75) is 6.92 Å². The molecule has 9 heteroatoms. The third-order valence-corrected chi connectivity index (χ3v) is 4.78. The zero-order valence-corrected chi connectivity index (χ0v) is 16.8. The van der Waals surface area contributed by atoms with Gasteiger partial charge in [-0.2, -0.15) is 0 Å². The Bertz CT molecular complexity index is 1400. The summed E-state index contributed by atoms with van der Waals surface area (Å²) < 4.78 is 15.8. The molecule has 1 aromatic carbocycles. The van der Waals surface area contributed by atoms with Crippen molar-refractivity contribution in [3.8, 4) is 11.5 Å². The van der Waals surface area contributed by atoms with E-state index in [1.54, 1.807) is 61.5 Å². The lowest BCUT2D eigenvalue weighted by Gasteiger charge is -2.09. The van der Waals surface area contributed by atoms with E-state index in [9.17, 15) is 9.59 Å². The highest BCUT2D eigenvalue weighted by Crippen LogP contribution is 2.28. The maximum Gasteiger partial charge on any atom is 0.291 e. The second kappa shape index (κ2) is 7.88. The molecular formula is C23H16N4O5. The average Bonchev–Trinajstić information content (AvgIpc) is 3.57. The van der Waals surface area contributed by atoms with Crippen molar-refractivity contribution < 1.29 is 22.9 Å². The van der Waals surface area contributed by atoms with Crippen LogP contribution >= 0.6 is 0 Å². The van der Waals surface area contributed by atoms with Gasteiger partial charge in [0.05, 0.1) is 29.2 Å². The molecule has 4 heterocycles. The Morgan fingerprint density at radius 2 is 1.56 bits per heavy atom. The number of amides is 2. The normalized spacial score (nSPS) is 10.9. The number of hydrogen-bond acceptors (Lipinski definition) is 7. The lowest BCUT2D eigenvalue weighted by Crippen LogP contribution is -2.14. The number of benzene rings is 1. The Kier molecular flexibility index (Phi) is 4.75. The van der Waals surface area contributed by atoms with E-state index in [1.807, 2.05) is 0 Å². The monoisotopic (exact) mass is 428 g/mol. The van der Waals surface area contributed by atoms with E-state index in [4.69, 9.17) is 13.4 Å². The summed E-state index contributed by atoms with van der Waals surface area (Å²) in [6.45, 7) is 1.74. The number of nitrogens with one attached hydrogen (secondary N) is 2. The highest BCUT2D eigenvalue weighted by atomic mass is 16.5. The number of anilines is 2. The van der Waals surface area contributed by atoms with Crippen LogP contribution < -0.4 is 10.6 Å². The van der Waals surface area contributed by atoms with E-state index >= 15 is 0 Å². The maximum atomic E-state index is 13.1. The molecule has 2 amide bonds. The van der Waals surface area contributed by atoms with E-state index in [-0.39, 0.29) is 23.3 Å². The second-order valence-corrected chi connectivity index (χ2v) is 6.94. The van der Waals surface area contributed by atoms with E-state index in [0.29, 0.717) is 39.5 Å². The van der Waals surface area contributed by atoms with Crippen molar-refractivity contribution in [3.05, 3.63) is 84.1 Å². The molecule has 2 N–H and O–H groups in total. The van der Waals surface area contributed by atoms with Gasteiger partial charge in [-0.3, -0.25) is 9.59 Å². The number of furan rings is 2. The maximum absolute atomic E-state index is 13.1. The van der Waals surface area contributed by atoms with Crippen LogP contribution in [-0.4, -0.2) is 22.0 Å². The highest BCUT2D eigenvalue weighted by Gasteiger charge is 2.20. The fraction of sp³-hybridized carbons (Fsp3) is 0.0435. The van der Waals surface area contributed by atoms with Crippen molar-refractivity contribution in [2.24, 2.45) is 0 Å². The van der Waals surface area contributed by atoms with Crippen LogP contribution in [0.5, 0.6) is 0 Å². The summed E-state index contributed by atoms with van der Waals surface area (Å²) in [7, 11) is 0. The van der Waals surface area contributed by atoms with Gasteiger partial charge in [0, 0.05) is 11.4 Å². The summed E-state index contributed by atoms with van der Waals surface area (Å²) in [5, 5.41) is 10.0. The molecule has 32 heavy (non-hydrogen) atoms. The van der Waals surface area contributed by atoms with Gasteiger partial charge in [-0.1, -0.05) is 5.16 Å². The van der Waals surface area contributed by atoms with Gasteiger partial charge in [-0.05, 0) is 61.5 Å². The summed E-state index contributed by atoms with van der Waals surface area (Å²) in [5.74, 6) is -0.00424. The Morgan fingerprint density at radius 1 is 0.875 bits per heavy atom. The lowest BCUT2D eigenvalue weighted by molar-refractivity contribution is 0.0994. The van der Waals surface area contributed by atoms with Crippen molar-refractivity contribution in [2.75, 3.05) is 10.6 Å². The summed E-state index contributed by atoms with van der Waals surface area (Å²) in [6, 6.07) is 15.0. The van der Waals surface area contributed by atoms with Crippen molar-refractivity contribution in [1.29, 1.82) is 0 Å². The van der Waals surface area contributed by atoms with Crippen LogP contribution in [0.1, 0.15) is 26.6 Å². The number of pyridine rings is 1. The number of carbonyl (C=O) groups excluding carboxylic acids is 2. The first kappa shape index (κ1) is 19.3. The first-order valence-corrected chi connectivity index (χ1v) is 9.65. The molecule has 0 aliphatic carbocycles. The van der Waals surface area contributed by atoms with E-state index < -0.39 is 0 Å². The number of aryl methyl sites for hydroxylation is 1. The molecule has 5 rings (SSSR count). The number of rotatable bonds is 5. The predicted molar refractivity (Wildman–Crippen MR) is 115 cm³/mol. The number of aromatic nitrogens is 2. The molecule has 0 saturated heterocycles. The number of fused-ring (bicyclic) bond motifs is 1. The molecule has 0 aliphatic heterocycles. The van der Waals surface area contributed by atoms with Crippen LogP contribution in [-0.2, 0) is 0 Å². The molecule has 5 aromatic rings. The highest BCUT2D eigenvalue weighted by molar-refractivity contribution is 6.13. The summed E-state index contributed by atoms with van der Waals surface area (Å²) in [5.41, 5.74) is 2.72. The number of hydrogen-bond donors (Lipinski definition) is 2. The van der Waals surface area contributed by atoms with Crippen LogP contribution in [0, 0.1) is 6.92 Å². The molecule has 9 nitrogen and oxygen atoms in total. The fourth-order valence-corrected chi connectivity index (χ4v) is 3.26. The molecule has 0 unspecified atom stereocenters.